The quantitative estimate of drug-likeness (QED) is 0.681. The number of aryl methyl sites for hydroxylation is 2. The van der Waals surface area contributed by atoms with Gasteiger partial charge in [-0.05, 0) is 50.3 Å². The molecule has 1 N–H and O–H groups in total. The van der Waals surface area contributed by atoms with Crippen molar-refractivity contribution in [1.29, 1.82) is 0 Å². The molecule has 2 aromatic carbocycles. The lowest BCUT2D eigenvalue weighted by Gasteiger charge is -2.27. The number of carbonyl (C=O) groups excluding carboxylic acids is 2. The number of fused-ring (bicyclic) bond motifs is 2. The standard InChI is InChI=1S/C23H23NO4/c1-14-17-10-5-6-13-20(17)28-21(14)23(26)27-15(2)22(25)24-19-12-7-9-16-8-3-4-11-18(16)19/h3-6,8,10-11,13,15,19H,7,9,12H2,1-2H3,(H,24,25)/t15-,19+/m1/s1. The van der Waals surface area contributed by atoms with Crippen molar-refractivity contribution in [3.63, 3.8) is 0 Å². The van der Waals surface area contributed by atoms with Crippen LogP contribution < -0.4 is 5.32 Å². The highest BCUT2D eigenvalue weighted by Gasteiger charge is 2.27. The average molecular weight is 377 g/mol. The maximum atomic E-state index is 12.6. The van der Waals surface area contributed by atoms with Gasteiger partial charge in [-0.2, -0.15) is 0 Å². The number of ether oxygens (including phenoxy) is 1. The van der Waals surface area contributed by atoms with Crippen LogP contribution in [0.5, 0.6) is 0 Å². The molecule has 1 aliphatic carbocycles. The lowest BCUT2D eigenvalue weighted by atomic mass is 9.87. The summed E-state index contributed by atoms with van der Waals surface area (Å²) in [6.07, 6.45) is 2.02. The Bertz CT molecular complexity index is 1040. The molecule has 1 amide bonds. The van der Waals surface area contributed by atoms with Gasteiger partial charge < -0.3 is 14.5 Å². The number of para-hydroxylation sites is 1. The van der Waals surface area contributed by atoms with E-state index < -0.39 is 12.1 Å². The van der Waals surface area contributed by atoms with E-state index in [1.165, 1.54) is 5.56 Å². The topological polar surface area (TPSA) is 68.5 Å². The van der Waals surface area contributed by atoms with Gasteiger partial charge in [-0.15, -0.1) is 0 Å². The van der Waals surface area contributed by atoms with E-state index in [1.807, 2.05) is 43.3 Å². The number of hydrogen-bond acceptors (Lipinski definition) is 4. The molecule has 28 heavy (non-hydrogen) atoms. The van der Waals surface area contributed by atoms with Gasteiger partial charge in [0.1, 0.15) is 5.58 Å². The Kier molecular flexibility index (Phi) is 4.90. The molecule has 3 aromatic rings. The fraction of sp³-hybridized carbons (Fsp3) is 0.304. The minimum Gasteiger partial charge on any atom is -0.449 e. The number of furan rings is 1. The van der Waals surface area contributed by atoms with Crippen molar-refractivity contribution in [3.8, 4) is 0 Å². The molecule has 1 aromatic heterocycles. The summed E-state index contributed by atoms with van der Waals surface area (Å²) < 4.78 is 11.0. The zero-order valence-corrected chi connectivity index (χ0v) is 16.0. The van der Waals surface area contributed by atoms with Crippen LogP contribution in [0.25, 0.3) is 11.0 Å². The molecule has 2 atom stereocenters. The first-order valence-corrected chi connectivity index (χ1v) is 9.62. The average Bonchev–Trinajstić information content (AvgIpc) is 3.05. The van der Waals surface area contributed by atoms with Crippen LogP contribution in [0.4, 0.5) is 0 Å². The van der Waals surface area contributed by atoms with Crippen molar-refractivity contribution in [2.24, 2.45) is 0 Å². The lowest BCUT2D eigenvalue weighted by molar-refractivity contribution is -0.130. The van der Waals surface area contributed by atoms with Crippen molar-refractivity contribution >= 4 is 22.8 Å². The van der Waals surface area contributed by atoms with Gasteiger partial charge in [-0.3, -0.25) is 4.79 Å². The molecule has 1 heterocycles. The fourth-order valence-corrected chi connectivity index (χ4v) is 3.83. The molecule has 1 aliphatic rings. The second-order valence-electron chi connectivity index (χ2n) is 7.25. The maximum Gasteiger partial charge on any atom is 0.375 e. The van der Waals surface area contributed by atoms with E-state index in [9.17, 15) is 9.59 Å². The molecule has 0 unspecified atom stereocenters. The molecule has 5 heteroatoms. The minimum atomic E-state index is -0.908. The van der Waals surface area contributed by atoms with Crippen molar-refractivity contribution in [2.45, 2.75) is 45.3 Å². The van der Waals surface area contributed by atoms with Gasteiger partial charge in [0.2, 0.25) is 5.76 Å². The third kappa shape index (κ3) is 3.40. The largest absolute Gasteiger partial charge is 0.449 e. The summed E-state index contributed by atoms with van der Waals surface area (Å²) in [5.41, 5.74) is 3.76. The summed E-state index contributed by atoms with van der Waals surface area (Å²) in [7, 11) is 0. The van der Waals surface area contributed by atoms with Crippen LogP contribution in [-0.4, -0.2) is 18.0 Å². The van der Waals surface area contributed by atoms with Gasteiger partial charge in [0, 0.05) is 10.9 Å². The van der Waals surface area contributed by atoms with Gasteiger partial charge in [-0.25, -0.2) is 4.79 Å². The van der Waals surface area contributed by atoms with Gasteiger partial charge in [0.15, 0.2) is 6.10 Å². The molecule has 0 saturated heterocycles. The molecule has 0 radical (unpaired) electrons. The predicted octanol–water partition coefficient (Wildman–Crippen LogP) is 4.48. The number of carbonyl (C=O) groups is 2. The summed E-state index contributed by atoms with van der Waals surface area (Å²) in [4.78, 5) is 25.2. The van der Waals surface area contributed by atoms with Gasteiger partial charge in [-0.1, -0.05) is 42.5 Å². The van der Waals surface area contributed by atoms with E-state index in [-0.39, 0.29) is 17.7 Å². The Morgan fingerprint density at radius 3 is 2.71 bits per heavy atom. The number of esters is 1. The van der Waals surface area contributed by atoms with Crippen LogP contribution in [0.3, 0.4) is 0 Å². The van der Waals surface area contributed by atoms with Crippen LogP contribution in [0.15, 0.2) is 52.9 Å². The number of nitrogens with one attached hydrogen (secondary N) is 1. The highest BCUT2D eigenvalue weighted by atomic mass is 16.6. The number of amides is 1. The third-order valence-corrected chi connectivity index (χ3v) is 5.37. The Morgan fingerprint density at radius 1 is 1.14 bits per heavy atom. The number of benzene rings is 2. The Hall–Kier alpha value is -3.08. The predicted molar refractivity (Wildman–Crippen MR) is 106 cm³/mol. The van der Waals surface area contributed by atoms with Crippen LogP contribution in [0.1, 0.15) is 53.1 Å². The van der Waals surface area contributed by atoms with E-state index in [0.29, 0.717) is 5.58 Å². The maximum absolute atomic E-state index is 12.6. The highest BCUT2D eigenvalue weighted by Crippen LogP contribution is 2.30. The molecule has 144 valence electrons. The number of hydrogen-bond donors (Lipinski definition) is 1. The van der Waals surface area contributed by atoms with E-state index in [2.05, 4.69) is 11.4 Å². The lowest BCUT2D eigenvalue weighted by Crippen LogP contribution is -2.39. The van der Waals surface area contributed by atoms with Crippen LogP contribution in [0.2, 0.25) is 0 Å². The van der Waals surface area contributed by atoms with Crippen LogP contribution >= 0.6 is 0 Å². The minimum absolute atomic E-state index is 0.0495. The monoisotopic (exact) mass is 377 g/mol. The van der Waals surface area contributed by atoms with E-state index in [0.717, 1.165) is 35.8 Å². The summed E-state index contributed by atoms with van der Waals surface area (Å²) >= 11 is 0. The van der Waals surface area contributed by atoms with Gasteiger partial charge in [0.25, 0.3) is 5.91 Å². The zero-order chi connectivity index (χ0) is 19.7. The third-order valence-electron chi connectivity index (χ3n) is 5.37. The Labute approximate surface area is 163 Å². The molecule has 5 nitrogen and oxygen atoms in total. The first-order valence-electron chi connectivity index (χ1n) is 9.62. The molecule has 0 aliphatic heterocycles. The zero-order valence-electron chi connectivity index (χ0n) is 16.0. The van der Waals surface area contributed by atoms with Crippen LogP contribution in [-0.2, 0) is 16.0 Å². The molecule has 0 saturated carbocycles. The molecular formula is C23H23NO4. The first-order chi connectivity index (χ1) is 13.5. The summed E-state index contributed by atoms with van der Waals surface area (Å²) in [6.45, 7) is 3.39. The number of rotatable bonds is 4. The molecule has 0 bridgehead atoms. The second-order valence-corrected chi connectivity index (χ2v) is 7.25. The molecule has 0 spiro atoms. The van der Waals surface area contributed by atoms with E-state index in [4.69, 9.17) is 9.15 Å². The fourth-order valence-electron chi connectivity index (χ4n) is 3.83. The Balaban J connectivity index is 1.45. The Morgan fingerprint density at radius 2 is 1.89 bits per heavy atom. The smallest absolute Gasteiger partial charge is 0.375 e. The van der Waals surface area contributed by atoms with Crippen molar-refractivity contribution in [2.75, 3.05) is 0 Å². The molecular weight excluding hydrogens is 354 g/mol. The van der Waals surface area contributed by atoms with Gasteiger partial charge in [0.05, 0.1) is 6.04 Å². The van der Waals surface area contributed by atoms with E-state index >= 15 is 0 Å². The summed E-state index contributed by atoms with van der Waals surface area (Å²) in [6, 6.07) is 15.5. The van der Waals surface area contributed by atoms with Crippen molar-refractivity contribution < 1.29 is 18.7 Å². The summed E-state index contributed by atoms with van der Waals surface area (Å²) in [5.74, 6) is -0.784. The second kappa shape index (κ2) is 7.50. The molecule has 4 rings (SSSR count). The van der Waals surface area contributed by atoms with E-state index in [1.54, 1.807) is 13.0 Å². The van der Waals surface area contributed by atoms with Crippen molar-refractivity contribution in [1.82, 2.24) is 5.32 Å². The SMILES string of the molecule is Cc1c(C(=O)O[C@H](C)C(=O)N[C@H]2CCCc3ccccc32)oc2ccccc12. The highest BCUT2D eigenvalue weighted by molar-refractivity contribution is 5.97. The van der Waals surface area contributed by atoms with Gasteiger partial charge >= 0.3 is 5.97 Å². The summed E-state index contributed by atoms with van der Waals surface area (Å²) in [5, 5.41) is 3.89. The van der Waals surface area contributed by atoms with Crippen molar-refractivity contribution in [3.05, 3.63) is 71.0 Å². The molecule has 0 fully saturated rings. The first kappa shape index (κ1) is 18.3. The van der Waals surface area contributed by atoms with Crippen LogP contribution in [0, 0.1) is 6.92 Å². The normalized spacial score (nSPS) is 17.0.